The number of carbonyl (C=O) groups excluding carboxylic acids is 1. The molecule has 0 unspecified atom stereocenters. The van der Waals surface area contributed by atoms with Crippen molar-refractivity contribution in [1.82, 2.24) is 14.9 Å². The maximum atomic E-state index is 12.3. The number of rotatable bonds is 7. The van der Waals surface area contributed by atoms with Crippen LogP contribution in [0.4, 0.5) is 0 Å². The second-order valence-electron chi connectivity index (χ2n) is 6.10. The van der Waals surface area contributed by atoms with E-state index in [4.69, 9.17) is 4.74 Å². The molecule has 0 atom stereocenters. The summed E-state index contributed by atoms with van der Waals surface area (Å²) < 4.78 is 7.84. The molecule has 0 fully saturated rings. The van der Waals surface area contributed by atoms with Crippen molar-refractivity contribution in [3.8, 4) is 17.0 Å². The molecule has 7 heteroatoms. The summed E-state index contributed by atoms with van der Waals surface area (Å²) in [6.07, 6.45) is 1.40. The monoisotopic (exact) mass is 489 g/mol. The summed E-state index contributed by atoms with van der Waals surface area (Å²) in [6.45, 7) is 2.87. The molecule has 2 aromatic carbocycles. The summed E-state index contributed by atoms with van der Waals surface area (Å²) in [7, 11) is 0. The highest BCUT2D eigenvalue weighted by Crippen LogP contribution is 2.19. The average Bonchev–Trinajstić information content (AvgIpc) is 2.70. The molecule has 0 aliphatic carbocycles. The minimum atomic E-state index is -0.275. The molecule has 144 valence electrons. The molecule has 0 saturated carbocycles. The first-order valence-corrected chi connectivity index (χ1v) is 9.94. The van der Waals surface area contributed by atoms with Gasteiger partial charge in [-0.3, -0.25) is 14.2 Å². The molecular weight excluding hydrogens is 469 g/mol. The van der Waals surface area contributed by atoms with Crippen LogP contribution >= 0.6 is 22.6 Å². The van der Waals surface area contributed by atoms with Gasteiger partial charge in [-0.15, -0.1) is 0 Å². The van der Waals surface area contributed by atoms with Crippen LogP contribution in [0.3, 0.4) is 0 Å². The molecule has 0 aliphatic rings. The van der Waals surface area contributed by atoms with E-state index in [9.17, 15) is 9.59 Å². The van der Waals surface area contributed by atoms with E-state index in [-0.39, 0.29) is 18.0 Å². The predicted octanol–water partition coefficient (Wildman–Crippen LogP) is 3.23. The first kappa shape index (κ1) is 20.1. The molecule has 0 radical (unpaired) electrons. The number of nitrogens with one attached hydrogen (secondary N) is 1. The molecule has 1 aromatic heterocycles. The average molecular weight is 489 g/mol. The fraction of sp³-hybridized carbons (Fsp3) is 0.190. The summed E-state index contributed by atoms with van der Waals surface area (Å²) in [5, 5.41) is 2.82. The summed E-state index contributed by atoms with van der Waals surface area (Å²) >= 11 is 2.23. The van der Waals surface area contributed by atoms with Crippen LogP contribution in [0.5, 0.6) is 5.75 Å². The third kappa shape index (κ3) is 5.41. The Bertz CT molecular complexity index is 999. The SMILES string of the molecule is CCOc1ccc(-c2cc(=O)n(CC(=O)NCc3ccc(I)cc3)cn2)cc1. The van der Waals surface area contributed by atoms with E-state index in [0.29, 0.717) is 18.8 Å². The van der Waals surface area contributed by atoms with Gasteiger partial charge in [0.15, 0.2) is 0 Å². The van der Waals surface area contributed by atoms with Crippen molar-refractivity contribution < 1.29 is 9.53 Å². The first-order valence-electron chi connectivity index (χ1n) is 8.86. The third-order valence-electron chi connectivity index (χ3n) is 4.06. The van der Waals surface area contributed by atoms with Crippen LogP contribution in [0.25, 0.3) is 11.3 Å². The van der Waals surface area contributed by atoms with Gasteiger partial charge in [-0.2, -0.15) is 0 Å². The summed E-state index contributed by atoms with van der Waals surface area (Å²) in [5.74, 6) is 0.528. The van der Waals surface area contributed by atoms with Crippen LogP contribution in [0.1, 0.15) is 12.5 Å². The zero-order valence-electron chi connectivity index (χ0n) is 15.4. The number of nitrogens with zero attached hydrogens (tertiary/aromatic N) is 2. The van der Waals surface area contributed by atoms with Crippen LogP contribution in [0.15, 0.2) is 65.7 Å². The Hall–Kier alpha value is -2.68. The minimum Gasteiger partial charge on any atom is -0.494 e. The third-order valence-corrected chi connectivity index (χ3v) is 4.78. The standard InChI is InChI=1S/C21H20IN3O3/c1-2-28-18-9-5-16(6-10-18)19-11-21(27)25(14-24-19)13-20(26)23-12-15-3-7-17(22)8-4-15/h3-11,14H,2,12-13H2,1H3,(H,23,26). The van der Waals surface area contributed by atoms with Gasteiger partial charge in [0, 0.05) is 21.7 Å². The molecule has 1 amide bonds. The van der Waals surface area contributed by atoms with E-state index in [2.05, 4.69) is 32.9 Å². The molecule has 0 aliphatic heterocycles. The summed E-state index contributed by atoms with van der Waals surface area (Å²) in [4.78, 5) is 28.8. The van der Waals surface area contributed by atoms with Gasteiger partial charge in [0.2, 0.25) is 5.91 Å². The fourth-order valence-corrected chi connectivity index (χ4v) is 2.96. The van der Waals surface area contributed by atoms with Crippen molar-refractivity contribution >= 4 is 28.5 Å². The maximum absolute atomic E-state index is 12.3. The van der Waals surface area contributed by atoms with Gasteiger partial charge in [0.1, 0.15) is 12.3 Å². The van der Waals surface area contributed by atoms with E-state index < -0.39 is 0 Å². The molecule has 3 rings (SSSR count). The largest absolute Gasteiger partial charge is 0.494 e. The van der Waals surface area contributed by atoms with Crippen LogP contribution in [0.2, 0.25) is 0 Å². The number of halogens is 1. The van der Waals surface area contributed by atoms with Crippen molar-refractivity contribution in [2.75, 3.05) is 6.61 Å². The molecular formula is C21H20IN3O3. The highest BCUT2D eigenvalue weighted by molar-refractivity contribution is 14.1. The Morgan fingerprint density at radius 2 is 1.86 bits per heavy atom. The molecule has 1 N–H and O–H groups in total. The lowest BCUT2D eigenvalue weighted by atomic mass is 10.1. The van der Waals surface area contributed by atoms with E-state index >= 15 is 0 Å². The number of ether oxygens (including phenoxy) is 1. The van der Waals surface area contributed by atoms with E-state index in [1.165, 1.54) is 17.0 Å². The number of amides is 1. The van der Waals surface area contributed by atoms with Gasteiger partial charge in [-0.05, 0) is 71.5 Å². The number of hydrogen-bond donors (Lipinski definition) is 1. The van der Waals surface area contributed by atoms with E-state index in [1.54, 1.807) is 0 Å². The van der Waals surface area contributed by atoms with Crippen LogP contribution < -0.4 is 15.6 Å². The van der Waals surface area contributed by atoms with Crippen molar-refractivity contribution in [1.29, 1.82) is 0 Å². The molecule has 0 bridgehead atoms. The fourth-order valence-electron chi connectivity index (χ4n) is 2.60. The minimum absolute atomic E-state index is 0.0697. The molecule has 3 aromatic rings. The van der Waals surface area contributed by atoms with Crippen LogP contribution in [0, 0.1) is 3.57 Å². The molecule has 6 nitrogen and oxygen atoms in total. The lowest BCUT2D eigenvalue weighted by molar-refractivity contribution is -0.121. The maximum Gasteiger partial charge on any atom is 0.254 e. The Labute approximate surface area is 176 Å². The second-order valence-corrected chi connectivity index (χ2v) is 7.35. The molecule has 28 heavy (non-hydrogen) atoms. The predicted molar refractivity (Wildman–Crippen MR) is 116 cm³/mol. The topological polar surface area (TPSA) is 73.2 Å². The normalized spacial score (nSPS) is 10.5. The Morgan fingerprint density at radius 1 is 1.14 bits per heavy atom. The number of benzene rings is 2. The smallest absolute Gasteiger partial charge is 0.254 e. The van der Waals surface area contributed by atoms with Crippen molar-refractivity contribution in [2.24, 2.45) is 0 Å². The van der Waals surface area contributed by atoms with Crippen LogP contribution in [-0.4, -0.2) is 22.1 Å². The Morgan fingerprint density at radius 3 is 2.50 bits per heavy atom. The van der Waals surface area contributed by atoms with Crippen molar-refractivity contribution in [3.05, 3.63) is 80.4 Å². The van der Waals surface area contributed by atoms with Gasteiger partial charge in [0.25, 0.3) is 5.56 Å². The number of carbonyl (C=O) groups is 1. The van der Waals surface area contributed by atoms with Gasteiger partial charge < -0.3 is 10.1 Å². The Kier molecular flexibility index (Phi) is 6.80. The highest BCUT2D eigenvalue weighted by Gasteiger charge is 2.07. The van der Waals surface area contributed by atoms with Gasteiger partial charge in [0.05, 0.1) is 18.6 Å². The first-order chi connectivity index (χ1) is 13.5. The Balaban J connectivity index is 1.62. The molecule has 0 saturated heterocycles. The molecule has 0 spiro atoms. The quantitative estimate of drug-likeness (QED) is 0.518. The summed E-state index contributed by atoms with van der Waals surface area (Å²) in [6, 6.07) is 16.7. The highest BCUT2D eigenvalue weighted by atomic mass is 127. The molecule has 1 heterocycles. The van der Waals surface area contributed by atoms with Crippen LogP contribution in [-0.2, 0) is 17.9 Å². The number of hydrogen-bond acceptors (Lipinski definition) is 4. The lowest BCUT2D eigenvalue weighted by Crippen LogP contribution is -2.31. The zero-order chi connectivity index (χ0) is 19.9. The zero-order valence-corrected chi connectivity index (χ0v) is 17.5. The number of aromatic nitrogens is 2. The van der Waals surface area contributed by atoms with Gasteiger partial charge in [-0.1, -0.05) is 12.1 Å². The van der Waals surface area contributed by atoms with Gasteiger partial charge >= 0.3 is 0 Å². The lowest BCUT2D eigenvalue weighted by Gasteiger charge is -2.09. The second kappa shape index (κ2) is 9.50. The van der Waals surface area contributed by atoms with E-state index in [0.717, 1.165) is 20.4 Å². The van der Waals surface area contributed by atoms with Crippen molar-refractivity contribution in [2.45, 2.75) is 20.0 Å². The van der Waals surface area contributed by atoms with Crippen molar-refractivity contribution in [3.63, 3.8) is 0 Å². The summed E-state index contributed by atoms with van der Waals surface area (Å²) in [5.41, 5.74) is 2.10. The van der Waals surface area contributed by atoms with E-state index in [1.807, 2.05) is 55.5 Å². The van der Waals surface area contributed by atoms with Gasteiger partial charge in [-0.25, -0.2) is 4.98 Å².